The Balaban J connectivity index is 0.000000669. The largest absolute Gasteiger partial charge is 0.512 e. The molecule has 3 aromatic heterocycles. The third-order valence-corrected chi connectivity index (χ3v) is 21.3. The van der Waals surface area contributed by atoms with E-state index < -0.39 is 5.41 Å². The molecule has 111 heavy (non-hydrogen) atoms. The van der Waals surface area contributed by atoms with Crippen LogP contribution in [0.1, 0.15) is 273 Å². The summed E-state index contributed by atoms with van der Waals surface area (Å²) in [5, 5.41) is 36.9. The summed E-state index contributed by atoms with van der Waals surface area (Å²) in [6, 6.07) is 49.5. The first-order valence-corrected chi connectivity index (χ1v) is 39.2. The van der Waals surface area contributed by atoms with Crippen molar-refractivity contribution in [3.63, 3.8) is 0 Å². The van der Waals surface area contributed by atoms with Crippen molar-refractivity contribution in [3.8, 4) is 33.8 Å². The molecule has 0 aliphatic heterocycles. The maximum Gasteiger partial charge on any atom is 0.164 e. The van der Waals surface area contributed by atoms with E-state index in [1.54, 1.807) is 0 Å². The molecule has 3 N–H and O–H groups in total. The number of allylic oxidation sites excluding steroid dienone is 6. The van der Waals surface area contributed by atoms with Crippen molar-refractivity contribution in [2.24, 2.45) is 32.5 Å². The molecule has 0 saturated carbocycles. The molecular weight excluding hydrogens is 1900 g/mol. The number of aromatic nitrogens is 3. The third kappa shape index (κ3) is 29.8. The van der Waals surface area contributed by atoms with E-state index in [9.17, 15) is 29.7 Å². The van der Waals surface area contributed by atoms with Crippen molar-refractivity contribution in [1.82, 2.24) is 15.0 Å². The number of pyridine rings is 3. The normalized spacial score (nSPS) is 12.1. The molecule has 6 aromatic carbocycles. The number of aryl methyl sites for hydroxylation is 6. The van der Waals surface area contributed by atoms with Crippen molar-refractivity contribution < 1.29 is 90.0 Å². The van der Waals surface area contributed by atoms with Crippen molar-refractivity contribution in [1.29, 1.82) is 0 Å². The van der Waals surface area contributed by atoms with Crippen LogP contribution in [0.3, 0.4) is 0 Å². The number of hydrogen-bond donors (Lipinski definition) is 3. The van der Waals surface area contributed by atoms with Gasteiger partial charge in [-0.1, -0.05) is 262 Å². The Morgan fingerprint density at radius 3 is 0.892 bits per heavy atom. The molecule has 609 valence electrons. The maximum atomic E-state index is 12.2. The molecule has 3 heterocycles. The SMILES string of the molecule is CC(C)(C)C(=O)C=C(O)C(C)(C)C.CCC(C)(C)C(=O)C=C(O)C(C)(C)CC.CCC(C)(CC)C(=O)C=C(O)C(C)(CC)CC.Cc1[c-]c(-c2nccc3cc(C(C)C)ccc23)cc(C)c1.Cc1[c-]c(-c2nccc3cc(C(C)C)ccc23)cc(C)c1.Cc1[c-]c(-c2nccc3cc(C(C)C)ccc23)cc(C)c1.[Ir].[Ir].[Ir]. The molecule has 9 aromatic rings. The van der Waals surface area contributed by atoms with Crippen molar-refractivity contribution in [2.75, 3.05) is 0 Å². The van der Waals surface area contributed by atoms with Gasteiger partial charge in [-0.05, 0) is 141 Å². The van der Waals surface area contributed by atoms with Crippen molar-refractivity contribution in [2.45, 2.75) is 264 Å². The molecule has 3 radical (unpaired) electrons. The average molecular weight is 2040 g/mol. The summed E-state index contributed by atoms with van der Waals surface area (Å²) >= 11 is 0. The van der Waals surface area contributed by atoms with Crippen LogP contribution in [0.15, 0.2) is 163 Å². The van der Waals surface area contributed by atoms with Crippen LogP contribution in [-0.4, -0.2) is 47.6 Å². The van der Waals surface area contributed by atoms with Gasteiger partial charge in [0.15, 0.2) is 17.3 Å². The smallest absolute Gasteiger partial charge is 0.164 e. The summed E-state index contributed by atoms with van der Waals surface area (Å²) in [6.07, 6.45) is 14.8. The summed E-state index contributed by atoms with van der Waals surface area (Å²) in [5.41, 5.74) is 15.6. The van der Waals surface area contributed by atoms with E-state index in [1.807, 2.05) is 143 Å². The number of carbonyl (C=O) groups excluding carboxylic acids is 3. The van der Waals surface area contributed by atoms with Gasteiger partial charge in [0.25, 0.3) is 0 Å². The number of aliphatic hydroxyl groups excluding tert-OH is 3. The minimum absolute atomic E-state index is 0. The molecule has 0 atom stereocenters. The molecule has 0 saturated heterocycles. The number of ketones is 3. The molecule has 0 amide bonds. The van der Waals surface area contributed by atoms with Gasteiger partial charge in [-0.3, -0.25) is 14.4 Å². The van der Waals surface area contributed by atoms with Crippen LogP contribution in [-0.2, 0) is 74.7 Å². The predicted octanol–water partition coefficient (Wildman–Crippen LogP) is 27.9. The van der Waals surface area contributed by atoms with Gasteiger partial charge in [-0.25, -0.2) is 0 Å². The summed E-state index contributed by atoms with van der Waals surface area (Å²) in [5.74, 6) is 2.21. The number of fused-ring (bicyclic) bond motifs is 3. The van der Waals surface area contributed by atoms with Gasteiger partial charge < -0.3 is 30.3 Å². The van der Waals surface area contributed by atoms with Crippen molar-refractivity contribution in [3.05, 3.63) is 232 Å². The number of carbonyl (C=O) groups is 3. The molecule has 0 bridgehead atoms. The van der Waals surface area contributed by atoms with Crippen LogP contribution in [0.4, 0.5) is 0 Å². The van der Waals surface area contributed by atoms with Crippen LogP contribution < -0.4 is 0 Å². The van der Waals surface area contributed by atoms with Crippen LogP contribution in [0, 0.1) is 92.2 Å². The van der Waals surface area contributed by atoms with Gasteiger partial charge in [0.2, 0.25) is 0 Å². The van der Waals surface area contributed by atoms with Gasteiger partial charge in [0.05, 0.1) is 0 Å². The molecule has 12 heteroatoms. The molecule has 0 spiro atoms. The van der Waals surface area contributed by atoms with Crippen LogP contribution in [0.25, 0.3) is 66.1 Å². The van der Waals surface area contributed by atoms with Gasteiger partial charge in [-0.2, -0.15) is 0 Å². The summed E-state index contributed by atoms with van der Waals surface area (Å²) in [6.45, 7) is 60.8. The Morgan fingerprint density at radius 2 is 0.640 bits per heavy atom. The maximum absolute atomic E-state index is 12.2. The molecule has 9 nitrogen and oxygen atoms in total. The fourth-order valence-corrected chi connectivity index (χ4v) is 11.5. The van der Waals surface area contributed by atoms with E-state index in [0.717, 1.165) is 89.0 Å². The second-order valence-corrected chi connectivity index (χ2v) is 34.3. The van der Waals surface area contributed by atoms with E-state index in [0.29, 0.717) is 17.8 Å². The van der Waals surface area contributed by atoms with Crippen molar-refractivity contribution >= 4 is 49.7 Å². The molecule has 0 aliphatic carbocycles. The van der Waals surface area contributed by atoms with Crippen LogP contribution in [0.2, 0.25) is 0 Å². The minimum Gasteiger partial charge on any atom is -0.512 e. The first-order valence-electron chi connectivity index (χ1n) is 39.2. The minimum atomic E-state index is -0.417. The molecule has 0 aliphatic rings. The first kappa shape index (κ1) is 102. The third-order valence-electron chi connectivity index (χ3n) is 21.3. The second kappa shape index (κ2) is 44.7. The molecule has 0 unspecified atom stereocenters. The quantitative estimate of drug-likeness (QED) is 0.0408. The van der Waals surface area contributed by atoms with E-state index >= 15 is 0 Å². The first-order chi connectivity index (χ1) is 50.1. The predicted molar refractivity (Wildman–Crippen MR) is 460 cm³/mol. The summed E-state index contributed by atoms with van der Waals surface area (Å²) in [4.78, 5) is 49.3. The topological polar surface area (TPSA) is 151 Å². The monoisotopic (exact) mass is 2040 g/mol. The Labute approximate surface area is 710 Å². The van der Waals surface area contributed by atoms with E-state index in [2.05, 4.69) is 225 Å². The van der Waals surface area contributed by atoms with Crippen LogP contribution in [0.5, 0.6) is 0 Å². The number of aliphatic hydroxyl groups is 3. The number of hydrogen-bond acceptors (Lipinski definition) is 9. The van der Waals surface area contributed by atoms with E-state index in [4.69, 9.17) is 0 Å². The number of benzene rings is 6. The van der Waals surface area contributed by atoms with Gasteiger partial charge in [0.1, 0.15) is 17.3 Å². The zero-order valence-corrected chi connectivity index (χ0v) is 79.9. The Bertz CT molecular complexity index is 4240. The summed E-state index contributed by atoms with van der Waals surface area (Å²) in [7, 11) is 0. The van der Waals surface area contributed by atoms with Gasteiger partial charge in [-0.15, -0.1) is 105 Å². The second-order valence-electron chi connectivity index (χ2n) is 34.3. The van der Waals surface area contributed by atoms with Gasteiger partial charge in [0, 0.05) is 130 Å². The van der Waals surface area contributed by atoms with Gasteiger partial charge >= 0.3 is 0 Å². The average Bonchev–Trinajstić information content (AvgIpc) is 0.795. The zero-order valence-electron chi connectivity index (χ0n) is 72.7. The number of nitrogens with zero attached hydrogens (tertiary/aromatic N) is 3. The summed E-state index contributed by atoms with van der Waals surface area (Å²) < 4.78 is 0. The Hall–Kier alpha value is -6.87. The molecular formula is C99H132Ir3N3O6-3. The molecule has 9 rings (SSSR count). The molecule has 0 fully saturated rings. The fraction of sp³-hybridized carbons (Fsp3) is 0.455. The van der Waals surface area contributed by atoms with E-state index in [1.165, 1.54) is 83.9 Å². The van der Waals surface area contributed by atoms with E-state index in [-0.39, 0.29) is 122 Å². The van der Waals surface area contributed by atoms with Crippen LogP contribution >= 0.6 is 0 Å². The Morgan fingerprint density at radius 1 is 0.351 bits per heavy atom. The number of rotatable bonds is 19. The zero-order chi connectivity index (χ0) is 81.8. The Kier molecular flexibility index (Phi) is 41.1. The fourth-order valence-electron chi connectivity index (χ4n) is 11.5. The standard InChI is InChI=1S/3C20H20N.C15H28O2.C13H24O2.C11H20O2.3Ir/c3*1-13(2)16-5-6-19-17(12-16)7-8-21-20(19)18-10-14(3)9-15(4)11-18;1-7-14(5,8-2)12(16)11-13(17)15(6,9-3)10-4;1-7-12(3,4)10(14)9-11(15)13(5,6)8-2;1-10(2,3)8(12)7-9(13)11(4,5)6;;;/h3*5-10,12-13H,1-4H3;11,16H,7-10H2,1-6H3;9,14H,7-8H2,1-6H3;7,12H,1-6H3;;;/q3*-1;;;;;;.